The number of carbonyl (C=O) groups excluding carboxylic acids is 1. The maximum Gasteiger partial charge on any atom is 0.242 e. The highest BCUT2D eigenvalue weighted by atomic mass is 16.2. The molecule has 0 unspecified atom stereocenters. The van der Waals surface area contributed by atoms with Crippen LogP contribution in [0.2, 0.25) is 0 Å². The highest BCUT2D eigenvalue weighted by molar-refractivity contribution is 5.83. The molecule has 8 rings (SSSR count). The Morgan fingerprint density at radius 2 is 1.67 bits per heavy atom. The van der Waals surface area contributed by atoms with Crippen molar-refractivity contribution in [3.8, 4) is 11.3 Å². The van der Waals surface area contributed by atoms with Crippen LogP contribution in [0.5, 0.6) is 0 Å². The van der Waals surface area contributed by atoms with Crippen molar-refractivity contribution in [2.75, 3.05) is 60.9 Å². The fourth-order valence-corrected chi connectivity index (χ4v) is 7.05. The van der Waals surface area contributed by atoms with Crippen LogP contribution in [-0.4, -0.2) is 66.2 Å². The van der Waals surface area contributed by atoms with Crippen molar-refractivity contribution in [3.05, 3.63) is 59.4 Å². The molecule has 7 nitrogen and oxygen atoms in total. The highest BCUT2D eigenvalue weighted by Crippen LogP contribution is 2.49. The number of aromatic nitrogens is 2. The topological polar surface area (TPSA) is 56.6 Å². The number of amides is 1. The number of rotatable bonds is 6. The van der Waals surface area contributed by atoms with Gasteiger partial charge in [-0.2, -0.15) is 0 Å². The molecule has 1 saturated carbocycles. The lowest BCUT2D eigenvalue weighted by Gasteiger charge is -2.41. The second-order valence-corrected chi connectivity index (χ2v) is 12.0. The molecule has 2 aromatic carbocycles. The average molecular weight is 525 g/mol. The summed E-state index contributed by atoms with van der Waals surface area (Å²) < 4.78 is 2.37. The largest absolute Gasteiger partial charge is 0.372 e. The first kappa shape index (κ1) is 24.6. The SMILES string of the molecule is Cc1cccc(N2CCN(C(=O)CNc3c(-c4ccc(N5CCCC5)cc4)nc4n3CC3CC4C3)CC2)c1C. The summed E-state index contributed by atoms with van der Waals surface area (Å²) in [4.78, 5) is 25.4. The van der Waals surface area contributed by atoms with Gasteiger partial charge in [-0.1, -0.05) is 24.3 Å². The van der Waals surface area contributed by atoms with Crippen LogP contribution in [0.1, 0.15) is 48.6 Å². The number of nitrogens with one attached hydrogen (secondary N) is 1. The van der Waals surface area contributed by atoms with Crippen molar-refractivity contribution >= 4 is 23.1 Å². The minimum absolute atomic E-state index is 0.169. The number of imidazole rings is 1. The zero-order valence-corrected chi connectivity index (χ0v) is 23.3. The summed E-state index contributed by atoms with van der Waals surface area (Å²) in [7, 11) is 0. The van der Waals surface area contributed by atoms with Crippen LogP contribution in [0, 0.1) is 19.8 Å². The molecule has 3 fully saturated rings. The van der Waals surface area contributed by atoms with Crippen LogP contribution in [0.4, 0.5) is 17.2 Å². The van der Waals surface area contributed by atoms with Gasteiger partial charge < -0.3 is 24.6 Å². The van der Waals surface area contributed by atoms with E-state index in [0.717, 1.165) is 68.8 Å². The molecule has 1 amide bonds. The van der Waals surface area contributed by atoms with Gasteiger partial charge in [0, 0.05) is 68.7 Å². The van der Waals surface area contributed by atoms with Gasteiger partial charge in [-0.3, -0.25) is 4.79 Å². The summed E-state index contributed by atoms with van der Waals surface area (Å²) in [6.07, 6.45) is 5.07. The molecule has 2 bridgehead atoms. The van der Waals surface area contributed by atoms with E-state index >= 15 is 0 Å². The Labute approximate surface area is 231 Å². The van der Waals surface area contributed by atoms with E-state index in [2.05, 4.69) is 76.0 Å². The molecular weight excluding hydrogens is 484 g/mol. The minimum Gasteiger partial charge on any atom is -0.372 e. The maximum atomic E-state index is 13.3. The van der Waals surface area contributed by atoms with E-state index < -0.39 is 0 Å². The van der Waals surface area contributed by atoms with Crippen molar-refractivity contribution in [2.45, 2.75) is 52.0 Å². The van der Waals surface area contributed by atoms with Gasteiger partial charge in [-0.25, -0.2) is 4.98 Å². The standard InChI is InChI=1S/C32H40N6O/c1-22-6-5-7-28(23(22)2)36-14-16-37(17-15-36)29(39)20-33-32-30(34-31-26-18-24(19-26)21-38(31)32)25-8-10-27(11-9-25)35-12-3-4-13-35/h5-11,24,26,33H,3-4,12-21H2,1-2H3. The Morgan fingerprint density at radius 1 is 0.923 bits per heavy atom. The number of anilines is 3. The maximum absolute atomic E-state index is 13.3. The van der Waals surface area contributed by atoms with E-state index in [1.807, 2.05) is 4.90 Å². The Balaban J connectivity index is 1.06. The monoisotopic (exact) mass is 524 g/mol. The van der Waals surface area contributed by atoms with Crippen LogP contribution < -0.4 is 15.1 Å². The number of hydrogen-bond donors (Lipinski definition) is 1. The molecular formula is C32H40N6O. The highest BCUT2D eigenvalue weighted by Gasteiger charge is 2.41. The molecule has 7 heteroatoms. The molecule has 4 aliphatic heterocycles. The average Bonchev–Trinajstić information content (AvgIpc) is 3.62. The van der Waals surface area contributed by atoms with E-state index in [1.165, 1.54) is 54.0 Å². The molecule has 5 heterocycles. The van der Waals surface area contributed by atoms with Crippen molar-refractivity contribution in [1.82, 2.24) is 14.5 Å². The number of aryl methyl sites for hydroxylation is 1. The van der Waals surface area contributed by atoms with E-state index in [1.54, 1.807) is 0 Å². The zero-order valence-electron chi connectivity index (χ0n) is 23.3. The van der Waals surface area contributed by atoms with Crippen LogP contribution in [0.25, 0.3) is 11.3 Å². The van der Waals surface area contributed by atoms with E-state index in [-0.39, 0.29) is 5.91 Å². The molecule has 3 aromatic rings. The second-order valence-electron chi connectivity index (χ2n) is 12.0. The van der Waals surface area contributed by atoms with Crippen LogP contribution in [0.15, 0.2) is 42.5 Å². The third-order valence-corrected chi connectivity index (χ3v) is 9.61. The van der Waals surface area contributed by atoms with E-state index in [9.17, 15) is 4.79 Å². The first-order chi connectivity index (χ1) is 19.0. The summed E-state index contributed by atoms with van der Waals surface area (Å²) in [5.41, 5.74) is 7.38. The first-order valence-electron chi connectivity index (χ1n) is 14.8. The van der Waals surface area contributed by atoms with Gasteiger partial charge in [0.1, 0.15) is 17.3 Å². The molecule has 5 aliphatic rings. The summed E-state index contributed by atoms with van der Waals surface area (Å²) in [6, 6.07) is 15.4. The van der Waals surface area contributed by atoms with Crippen LogP contribution in [-0.2, 0) is 11.3 Å². The van der Waals surface area contributed by atoms with Gasteiger partial charge in [0.15, 0.2) is 0 Å². The summed E-state index contributed by atoms with van der Waals surface area (Å²) in [5.74, 6) is 3.71. The molecule has 1 aromatic heterocycles. The predicted molar refractivity (Wildman–Crippen MR) is 158 cm³/mol. The molecule has 1 N–H and O–H groups in total. The molecule has 204 valence electrons. The number of hydrogen-bond acceptors (Lipinski definition) is 5. The third-order valence-electron chi connectivity index (χ3n) is 9.61. The zero-order chi connectivity index (χ0) is 26.5. The molecule has 0 spiro atoms. The summed E-state index contributed by atoms with van der Waals surface area (Å²) in [5, 5.41) is 3.57. The molecule has 1 aliphatic carbocycles. The second kappa shape index (κ2) is 9.92. The van der Waals surface area contributed by atoms with Gasteiger partial charge in [0.2, 0.25) is 5.91 Å². The Kier molecular flexibility index (Phi) is 6.25. The van der Waals surface area contributed by atoms with E-state index in [0.29, 0.717) is 12.5 Å². The lowest BCUT2D eigenvalue weighted by Crippen LogP contribution is -2.50. The van der Waals surface area contributed by atoms with E-state index in [4.69, 9.17) is 4.98 Å². The Bertz CT molecular complexity index is 1360. The summed E-state index contributed by atoms with van der Waals surface area (Å²) in [6.45, 7) is 11.2. The number of nitrogens with zero attached hydrogens (tertiary/aromatic N) is 5. The van der Waals surface area contributed by atoms with Crippen molar-refractivity contribution < 1.29 is 4.79 Å². The molecule has 0 radical (unpaired) electrons. The van der Waals surface area contributed by atoms with Crippen molar-refractivity contribution in [1.29, 1.82) is 0 Å². The minimum atomic E-state index is 0.169. The smallest absolute Gasteiger partial charge is 0.242 e. The quantitative estimate of drug-likeness (QED) is 0.490. The van der Waals surface area contributed by atoms with Gasteiger partial charge in [-0.15, -0.1) is 0 Å². The first-order valence-corrected chi connectivity index (χ1v) is 14.8. The lowest BCUT2D eigenvalue weighted by molar-refractivity contribution is -0.129. The van der Waals surface area contributed by atoms with Gasteiger partial charge in [0.05, 0.1) is 6.54 Å². The fourth-order valence-electron chi connectivity index (χ4n) is 7.05. The Morgan fingerprint density at radius 3 is 2.41 bits per heavy atom. The van der Waals surface area contributed by atoms with Gasteiger partial charge >= 0.3 is 0 Å². The fraction of sp³-hybridized carbons (Fsp3) is 0.500. The lowest BCUT2D eigenvalue weighted by atomic mass is 9.72. The van der Waals surface area contributed by atoms with Crippen molar-refractivity contribution in [3.63, 3.8) is 0 Å². The van der Waals surface area contributed by atoms with Gasteiger partial charge in [-0.05, 0) is 74.8 Å². The molecule has 39 heavy (non-hydrogen) atoms. The van der Waals surface area contributed by atoms with Crippen LogP contribution >= 0.6 is 0 Å². The predicted octanol–water partition coefficient (Wildman–Crippen LogP) is 5.04. The van der Waals surface area contributed by atoms with Crippen LogP contribution in [0.3, 0.4) is 0 Å². The Hall–Kier alpha value is -3.48. The normalized spacial score (nSPS) is 22.1. The molecule has 2 saturated heterocycles. The van der Waals surface area contributed by atoms with Crippen molar-refractivity contribution in [2.24, 2.45) is 5.92 Å². The molecule has 0 atom stereocenters. The van der Waals surface area contributed by atoms with Gasteiger partial charge in [0.25, 0.3) is 0 Å². The summed E-state index contributed by atoms with van der Waals surface area (Å²) >= 11 is 0. The number of benzene rings is 2. The number of piperazine rings is 1. The third kappa shape index (κ3) is 4.46. The number of carbonyl (C=O) groups is 1.